The summed E-state index contributed by atoms with van der Waals surface area (Å²) in [7, 11) is 1.91. The van der Waals surface area contributed by atoms with Gasteiger partial charge in [-0.05, 0) is 24.1 Å². The van der Waals surface area contributed by atoms with Crippen LogP contribution >= 0.6 is 0 Å². The van der Waals surface area contributed by atoms with Crippen molar-refractivity contribution >= 4 is 17.4 Å². The largest absolute Gasteiger partial charge is 0.507 e. The van der Waals surface area contributed by atoms with Crippen molar-refractivity contribution in [3.8, 4) is 5.75 Å². The highest BCUT2D eigenvalue weighted by Gasteiger charge is 2.20. The summed E-state index contributed by atoms with van der Waals surface area (Å²) in [6.07, 6.45) is 0. The van der Waals surface area contributed by atoms with Crippen molar-refractivity contribution in [1.82, 2.24) is 0 Å². The van der Waals surface area contributed by atoms with Gasteiger partial charge in [0.1, 0.15) is 5.75 Å². The molecule has 2 aromatic rings. The SMILES string of the molecule is CC(C)CN(C)c1ccc(C(=O)c2ccccc2C(=O)O)c(O)c1. The Morgan fingerprint density at radius 1 is 1.04 bits per heavy atom. The number of carboxylic acid groups (broad SMARTS) is 1. The van der Waals surface area contributed by atoms with Crippen LogP contribution in [0.1, 0.15) is 40.1 Å². The van der Waals surface area contributed by atoms with Crippen molar-refractivity contribution in [2.45, 2.75) is 13.8 Å². The van der Waals surface area contributed by atoms with Gasteiger partial charge in [0.2, 0.25) is 0 Å². The Hall–Kier alpha value is -2.82. The van der Waals surface area contributed by atoms with Gasteiger partial charge in [-0.15, -0.1) is 0 Å². The van der Waals surface area contributed by atoms with Crippen LogP contribution in [0.3, 0.4) is 0 Å². The number of carbonyl (C=O) groups excluding carboxylic acids is 1. The van der Waals surface area contributed by atoms with Gasteiger partial charge in [-0.2, -0.15) is 0 Å². The molecule has 0 heterocycles. The maximum absolute atomic E-state index is 12.6. The minimum Gasteiger partial charge on any atom is -0.507 e. The lowest BCUT2D eigenvalue weighted by Crippen LogP contribution is -2.22. The first-order valence-corrected chi connectivity index (χ1v) is 7.72. The monoisotopic (exact) mass is 327 g/mol. The molecule has 0 aliphatic heterocycles. The number of nitrogens with zero attached hydrogens (tertiary/aromatic N) is 1. The fraction of sp³-hybridized carbons (Fsp3) is 0.263. The zero-order valence-electron chi connectivity index (χ0n) is 14.0. The number of aromatic carboxylic acids is 1. The van der Waals surface area contributed by atoms with Gasteiger partial charge >= 0.3 is 5.97 Å². The fourth-order valence-corrected chi connectivity index (χ4v) is 2.62. The van der Waals surface area contributed by atoms with Crippen molar-refractivity contribution in [1.29, 1.82) is 0 Å². The number of carbonyl (C=O) groups is 2. The minimum atomic E-state index is -1.17. The predicted octanol–water partition coefficient (Wildman–Crippen LogP) is 3.41. The lowest BCUT2D eigenvalue weighted by atomic mass is 9.97. The number of benzene rings is 2. The molecule has 0 saturated carbocycles. The van der Waals surface area contributed by atoms with Crippen molar-refractivity contribution in [3.63, 3.8) is 0 Å². The Labute approximate surface area is 141 Å². The van der Waals surface area contributed by atoms with Gasteiger partial charge in [0, 0.05) is 30.9 Å². The molecule has 2 rings (SSSR count). The van der Waals surface area contributed by atoms with E-state index in [2.05, 4.69) is 13.8 Å². The van der Waals surface area contributed by atoms with Crippen LogP contribution in [0.5, 0.6) is 5.75 Å². The Morgan fingerprint density at radius 2 is 1.67 bits per heavy atom. The standard InChI is InChI=1S/C19H21NO4/c1-12(2)11-20(3)13-8-9-16(17(21)10-13)18(22)14-6-4-5-7-15(14)19(23)24/h4-10,12,21H,11H2,1-3H3,(H,23,24). The van der Waals surface area contributed by atoms with Gasteiger partial charge in [-0.25, -0.2) is 4.79 Å². The number of hydrogen-bond acceptors (Lipinski definition) is 4. The van der Waals surface area contributed by atoms with Gasteiger partial charge in [0.25, 0.3) is 0 Å². The first-order valence-electron chi connectivity index (χ1n) is 7.72. The molecule has 0 saturated heterocycles. The zero-order valence-corrected chi connectivity index (χ0v) is 14.0. The van der Waals surface area contributed by atoms with E-state index in [0.717, 1.165) is 12.2 Å². The molecule has 0 spiro atoms. The zero-order chi connectivity index (χ0) is 17.9. The van der Waals surface area contributed by atoms with Crippen LogP contribution in [-0.2, 0) is 0 Å². The van der Waals surface area contributed by atoms with Crippen LogP contribution in [0, 0.1) is 5.92 Å². The summed E-state index contributed by atoms with van der Waals surface area (Å²) in [5, 5.41) is 19.5. The van der Waals surface area contributed by atoms with Crippen molar-refractivity contribution in [3.05, 3.63) is 59.2 Å². The Balaban J connectivity index is 2.37. The number of anilines is 1. The second-order valence-corrected chi connectivity index (χ2v) is 6.16. The molecule has 0 fully saturated rings. The van der Waals surface area contributed by atoms with E-state index >= 15 is 0 Å². The summed E-state index contributed by atoms with van der Waals surface area (Å²) < 4.78 is 0. The molecular weight excluding hydrogens is 306 g/mol. The smallest absolute Gasteiger partial charge is 0.336 e. The van der Waals surface area contributed by atoms with Gasteiger partial charge in [-0.1, -0.05) is 32.0 Å². The first kappa shape index (κ1) is 17.5. The van der Waals surface area contributed by atoms with E-state index in [-0.39, 0.29) is 22.4 Å². The maximum atomic E-state index is 12.6. The first-order chi connectivity index (χ1) is 11.3. The number of ketones is 1. The number of carboxylic acids is 1. The average Bonchev–Trinajstić information content (AvgIpc) is 2.53. The summed E-state index contributed by atoms with van der Waals surface area (Å²) in [5.74, 6) is -1.38. The van der Waals surface area contributed by atoms with E-state index in [9.17, 15) is 19.8 Å². The number of phenolic OH excluding ortho intramolecular Hbond substituents is 1. The Morgan fingerprint density at radius 3 is 2.21 bits per heavy atom. The van der Waals surface area contributed by atoms with Crippen LogP contribution in [0.15, 0.2) is 42.5 Å². The molecule has 126 valence electrons. The molecule has 5 heteroatoms. The van der Waals surface area contributed by atoms with Gasteiger partial charge in [0.15, 0.2) is 5.78 Å². The Kier molecular flexibility index (Phi) is 5.24. The van der Waals surface area contributed by atoms with E-state index < -0.39 is 11.8 Å². The highest BCUT2D eigenvalue weighted by atomic mass is 16.4. The molecule has 2 N–H and O–H groups in total. The highest BCUT2D eigenvalue weighted by Crippen LogP contribution is 2.27. The van der Waals surface area contributed by atoms with Crippen molar-refractivity contribution < 1.29 is 19.8 Å². The molecule has 0 unspecified atom stereocenters. The number of phenols is 1. The third kappa shape index (κ3) is 3.74. The maximum Gasteiger partial charge on any atom is 0.336 e. The molecule has 5 nitrogen and oxygen atoms in total. The van der Waals surface area contributed by atoms with Gasteiger partial charge < -0.3 is 15.1 Å². The van der Waals surface area contributed by atoms with E-state index in [1.807, 2.05) is 11.9 Å². The molecule has 0 aromatic heterocycles. The average molecular weight is 327 g/mol. The topological polar surface area (TPSA) is 77.8 Å². The Bertz CT molecular complexity index is 768. The van der Waals surface area contributed by atoms with E-state index in [4.69, 9.17) is 0 Å². The van der Waals surface area contributed by atoms with Crippen molar-refractivity contribution in [2.75, 3.05) is 18.5 Å². The predicted molar refractivity (Wildman–Crippen MR) is 93.0 cm³/mol. The van der Waals surface area contributed by atoms with Gasteiger partial charge in [-0.3, -0.25) is 4.79 Å². The summed E-state index contributed by atoms with van der Waals surface area (Å²) >= 11 is 0. The van der Waals surface area contributed by atoms with Gasteiger partial charge in [0.05, 0.1) is 11.1 Å². The number of aromatic hydroxyl groups is 1. The molecule has 0 aliphatic rings. The second-order valence-electron chi connectivity index (χ2n) is 6.16. The van der Waals surface area contributed by atoms with E-state index in [0.29, 0.717) is 5.92 Å². The fourth-order valence-electron chi connectivity index (χ4n) is 2.62. The van der Waals surface area contributed by atoms with Crippen LogP contribution in [0.25, 0.3) is 0 Å². The second kappa shape index (κ2) is 7.17. The van der Waals surface area contributed by atoms with Crippen molar-refractivity contribution in [2.24, 2.45) is 5.92 Å². The molecule has 24 heavy (non-hydrogen) atoms. The lowest BCUT2D eigenvalue weighted by molar-refractivity contribution is 0.0692. The van der Waals surface area contributed by atoms with E-state index in [1.165, 1.54) is 24.3 Å². The van der Waals surface area contributed by atoms with Crippen LogP contribution in [0.4, 0.5) is 5.69 Å². The quantitative estimate of drug-likeness (QED) is 0.795. The summed E-state index contributed by atoms with van der Waals surface area (Å²) in [4.78, 5) is 25.9. The molecule has 0 radical (unpaired) electrons. The molecule has 0 bridgehead atoms. The van der Waals surface area contributed by atoms with Crippen LogP contribution < -0.4 is 4.90 Å². The minimum absolute atomic E-state index is 0.0589. The molecular formula is C19H21NO4. The van der Waals surface area contributed by atoms with Crippen LogP contribution in [-0.4, -0.2) is 35.6 Å². The highest BCUT2D eigenvalue weighted by molar-refractivity contribution is 6.15. The molecule has 2 aromatic carbocycles. The molecule has 0 amide bonds. The van der Waals surface area contributed by atoms with Crippen LogP contribution in [0.2, 0.25) is 0 Å². The number of rotatable bonds is 6. The molecule has 0 aliphatic carbocycles. The summed E-state index contributed by atoms with van der Waals surface area (Å²) in [6.45, 7) is 5.00. The summed E-state index contributed by atoms with van der Waals surface area (Å²) in [5.41, 5.74) is 0.862. The summed E-state index contributed by atoms with van der Waals surface area (Å²) in [6, 6.07) is 10.8. The normalized spacial score (nSPS) is 10.7. The molecule has 0 atom stereocenters. The third-order valence-electron chi connectivity index (χ3n) is 3.71. The number of hydrogen-bond donors (Lipinski definition) is 2. The lowest BCUT2D eigenvalue weighted by Gasteiger charge is -2.22. The van der Waals surface area contributed by atoms with E-state index in [1.54, 1.807) is 18.2 Å². The third-order valence-corrected chi connectivity index (χ3v) is 3.71.